The van der Waals surface area contributed by atoms with Crippen molar-refractivity contribution in [3.63, 3.8) is 0 Å². The van der Waals surface area contributed by atoms with Crippen molar-refractivity contribution in [2.75, 3.05) is 6.26 Å². The Morgan fingerprint density at radius 3 is 2.20 bits per heavy atom. The van der Waals surface area contributed by atoms with Crippen LogP contribution in [0, 0.1) is 23.5 Å². The predicted octanol–water partition coefficient (Wildman–Crippen LogP) is 5.47. The summed E-state index contributed by atoms with van der Waals surface area (Å²) in [6.07, 6.45) is 1.13. The molecule has 0 aliphatic rings. The molecule has 0 N–H and O–H groups in total. The summed E-state index contributed by atoms with van der Waals surface area (Å²) in [7, 11) is -3.43. The van der Waals surface area contributed by atoms with E-state index < -0.39 is 43.7 Å². The van der Waals surface area contributed by atoms with E-state index in [-0.39, 0.29) is 26.3 Å². The van der Waals surface area contributed by atoms with E-state index in [1.165, 1.54) is 26.0 Å². The van der Waals surface area contributed by atoms with Crippen LogP contribution in [0.5, 0.6) is 0 Å². The van der Waals surface area contributed by atoms with Gasteiger partial charge in [0.1, 0.15) is 27.7 Å². The first-order valence-electron chi connectivity index (χ1n) is 10.5. The van der Waals surface area contributed by atoms with Gasteiger partial charge in [0.2, 0.25) is 0 Å². The molecule has 1 atom stereocenters. The molecule has 2 aromatic rings. The van der Waals surface area contributed by atoms with Gasteiger partial charge in [-0.05, 0) is 92.7 Å². The number of carbonyl (C=O) groups is 1. The average Bonchev–Trinajstić information content (AvgIpc) is 2.63. The third-order valence-electron chi connectivity index (χ3n) is 4.92. The van der Waals surface area contributed by atoms with Crippen LogP contribution in [-0.2, 0) is 25.8 Å². The first kappa shape index (κ1) is 31.1. The Balaban J connectivity index is 0.00000612. The SMILES string of the molecule is CC(C)(C)OC(=O)C[C@@H](Cc1cc(F)cc(F)c1)c1nc(C#CC(C)(C)S(C)(=O)=O)ccc1Br.S. The monoisotopic (exact) mass is 589 g/mol. The van der Waals surface area contributed by atoms with Crippen LogP contribution < -0.4 is 0 Å². The number of hydrogen-bond acceptors (Lipinski definition) is 5. The Hall–Kier alpha value is -1.96. The topological polar surface area (TPSA) is 73.3 Å². The standard InChI is InChI=1S/C25H28BrF2NO4S.H2S/c1-24(2,3)33-22(30)14-17(11-16-12-18(27)15-19(28)13-16)23-21(26)8-7-20(29-23)9-10-25(4,5)34(6,31)32;/h7-8,12-13,15,17H,11,14H2,1-6H3;1H2/t17-;/m1./s1. The molecule has 0 amide bonds. The van der Waals surface area contributed by atoms with Crippen LogP contribution in [0.2, 0.25) is 0 Å². The molecule has 35 heavy (non-hydrogen) atoms. The summed E-state index contributed by atoms with van der Waals surface area (Å²) in [5.74, 6) is 3.00. The lowest BCUT2D eigenvalue weighted by atomic mass is 9.92. The molecular formula is C25H30BrF2NO4S2. The van der Waals surface area contributed by atoms with Crippen molar-refractivity contribution in [2.45, 2.75) is 63.7 Å². The first-order chi connectivity index (χ1) is 15.5. The molecular weight excluding hydrogens is 560 g/mol. The Kier molecular flexibility index (Phi) is 10.5. The van der Waals surface area contributed by atoms with Crippen LogP contribution >= 0.6 is 29.4 Å². The third kappa shape index (κ3) is 9.54. The van der Waals surface area contributed by atoms with Crippen LogP contribution in [0.25, 0.3) is 0 Å². The highest BCUT2D eigenvalue weighted by Crippen LogP contribution is 2.31. The summed E-state index contributed by atoms with van der Waals surface area (Å²) in [5, 5.41) is 0. The van der Waals surface area contributed by atoms with Crippen molar-refractivity contribution in [2.24, 2.45) is 0 Å². The summed E-state index contributed by atoms with van der Waals surface area (Å²) >= 11 is 3.44. The number of hydrogen-bond donors (Lipinski definition) is 0. The molecule has 1 heterocycles. The highest BCUT2D eigenvalue weighted by molar-refractivity contribution is 9.10. The van der Waals surface area contributed by atoms with E-state index in [0.717, 1.165) is 12.3 Å². The van der Waals surface area contributed by atoms with Crippen molar-refractivity contribution >= 4 is 45.2 Å². The molecule has 0 unspecified atom stereocenters. The van der Waals surface area contributed by atoms with Gasteiger partial charge in [0, 0.05) is 22.7 Å². The molecule has 5 nitrogen and oxygen atoms in total. The average molecular weight is 591 g/mol. The molecule has 0 spiro atoms. The molecule has 10 heteroatoms. The lowest BCUT2D eigenvalue weighted by Crippen LogP contribution is -2.28. The summed E-state index contributed by atoms with van der Waals surface area (Å²) in [4.78, 5) is 17.2. The number of nitrogens with zero attached hydrogens (tertiary/aromatic N) is 1. The van der Waals surface area contributed by atoms with Gasteiger partial charge in [-0.1, -0.05) is 5.92 Å². The number of esters is 1. The third-order valence-corrected chi connectivity index (χ3v) is 7.54. The molecule has 0 aliphatic carbocycles. The molecule has 0 bridgehead atoms. The molecule has 0 fully saturated rings. The van der Waals surface area contributed by atoms with Gasteiger partial charge in [-0.3, -0.25) is 4.79 Å². The highest BCUT2D eigenvalue weighted by atomic mass is 79.9. The van der Waals surface area contributed by atoms with Gasteiger partial charge in [-0.25, -0.2) is 22.2 Å². The van der Waals surface area contributed by atoms with E-state index in [1.54, 1.807) is 32.9 Å². The number of benzene rings is 1. The quantitative estimate of drug-likeness (QED) is 0.330. The van der Waals surface area contributed by atoms with Crippen molar-refractivity contribution in [3.8, 4) is 11.8 Å². The number of rotatable bonds is 6. The second kappa shape index (κ2) is 11.8. The van der Waals surface area contributed by atoms with Gasteiger partial charge in [-0.15, -0.1) is 0 Å². The van der Waals surface area contributed by atoms with E-state index >= 15 is 0 Å². The van der Waals surface area contributed by atoms with Gasteiger partial charge in [0.05, 0.1) is 12.1 Å². The van der Waals surface area contributed by atoms with Gasteiger partial charge in [-0.2, -0.15) is 13.5 Å². The molecule has 1 aromatic heterocycles. The Morgan fingerprint density at radius 2 is 1.69 bits per heavy atom. The maximum Gasteiger partial charge on any atom is 0.306 e. The Labute approximate surface area is 221 Å². The van der Waals surface area contributed by atoms with E-state index in [0.29, 0.717) is 21.4 Å². The molecule has 192 valence electrons. The second-order valence-electron chi connectivity index (χ2n) is 9.57. The fraction of sp³-hybridized carbons (Fsp3) is 0.440. The summed E-state index contributed by atoms with van der Waals surface area (Å²) in [6, 6.07) is 6.49. The number of aromatic nitrogens is 1. The van der Waals surface area contributed by atoms with Crippen LogP contribution in [0.1, 0.15) is 63.9 Å². The molecule has 0 radical (unpaired) electrons. The van der Waals surface area contributed by atoms with Crippen molar-refractivity contribution in [1.82, 2.24) is 4.98 Å². The lowest BCUT2D eigenvalue weighted by Gasteiger charge is -2.23. The van der Waals surface area contributed by atoms with Crippen molar-refractivity contribution < 1.29 is 26.7 Å². The minimum absolute atomic E-state index is 0. The maximum absolute atomic E-state index is 13.8. The fourth-order valence-corrected chi connectivity index (χ4v) is 3.77. The molecule has 2 rings (SSSR count). The van der Waals surface area contributed by atoms with Gasteiger partial charge in [0.15, 0.2) is 9.84 Å². The number of carbonyl (C=O) groups excluding carboxylic acids is 1. The molecule has 0 aliphatic heterocycles. The van der Waals surface area contributed by atoms with Crippen molar-refractivity contribution in [1.29, 1.82) is 0 Å². The number of ether oxygens (including phenoxy) is 1. The van der Waals surface area contributed by atoms with Gasteiger partial charge in [0.25, 0.3) is 0 Å². The minimum atomic E-state index is -3.43. The fourth-order valence-electron chi connectivity index (χ4n) is 2.98. The molecule has 1 aromatic carbocycles. The number of halogens is 3. The van der Waals surface area contributed by atoms with Crippen LogP contribution in [0.15, 0.2) is 34.8 Å². The second-order valence-corrected chi connectivity index (χ2v) is 13.0. The predicted molar refractivity (Wildman–Crippen MR) is 141 cm³/mol. The zero-order chi connectivity index (χ0) is 25.9. The van der Waals surface area contributed by atoms with Crippen LogP contribution in [-0.4, -0.2) is 36.0 Å². The summed E-state index contributed by atoms with van der Waals surface area (Å²) in [6.45, 7) is 8.24. The Morgan fingerprint density at radius 1 is 1.11 bits per heavy atom. The first-order valence-corrected chi connectivity index (χ1v) is 13.2. The Bertz CT molecular complexity index is 1230. The largest absolute Gasteiger partial charge is 0.460 e. The smallest absolute Gasteiger partial charge is 0.306 e. The summed E-state index contributed by atoms with van der Waals surface area (Å²) in [5.41, 5.74) is 0.394. The van der Waals surface area contributed by atoms with Crippen LogP contribution in [0.3, 0.4) is 0 Å². The van der Waals surface area contributed by atoms with Gasteiger partial charge >= 0.3 is 5.97 Å². The summed E-state index contributed by atoms with van der Waals surface area (Å²) < 4.78 is 56.2. The minimum Gasteiger partial charge on any atom is -0.460 e. The van der Waals surface area contributed by atoms with E-state index in [4.69, 9.17) is 4.74 Å². The van der Waals surface area contributed by atoms with Crippen LogP contribution in [0.4, 0.5) is 8.78 Å². The zero-order valence-corrected chi connectivity index (χ0v) is 23.9. The molecule has 0 saturated heterocycles. The zero-order valence-electron chi connectivity index (χ0n) is 20.5. The van der Waals surface area contributed by atoms with E-state index in [9.17, 15) is 22.0 Å². The normalized spacial score (nSPS) is 12.7. The molecule has 0 saturated carbocycles. The maximum atomic E-state index is 13.8. The van der Waals surface area contributed by atoms with E-state index in [1.807, 2.05) is 0 Å². The number of pyridine rings is 1. The van der Waals surface area contributed by atoms with Crippen molar-refractivity contribution in [3.05, 3.63) is 63.4 Å². The number of sulfone groups is 1. The highest BCUT2D eigenvalue weighted by Gasteiger charge is 2.28. The van der Waals surface area contributed by atoms with Gasteiger partial charge < -0.3 is 4.74 Å². The lowest BCUT2D eigenvalue weighted by molar-refractivity contribution is -0.155. The van der Waals surface area contributed by atoms with E-state index in [2.05, 4.69) is 32.8 Å².